The predicted molar refractivity (Wildman–Crippen MR) is 125 cm³/mol. The number of nitrogens with zero attached hydrogens (tertiary/aromatic N) is 2. The van der Waals surface area contributed by atoms with Gasteiger partial charge in [-0.15, -0.1) is 0 Å². The van der Waals surface area contributed by atoms with E-state index in [0.29, 0.717) is 50.0 Å². The third-order valence-electron chi connectivity index (χ3n) is 8.39. The van der Waals surface area contributed by atoms with Crippen LogP contribution in [-0.4, -0.2) is 72.1 Å². The number of amides is 1. The molecule has 1 aromatic carbocycles. The van der Waals surface area contributed by atoms with Crippen molar-refractivity contribution in [3.8, 4) is 0 Å². The molecule has 176 valence electrons. The Morgan fingerprint density at radius 3 is 2.61 bits per heavy atom. The lowest BCUT2D eigenvalue weighted by atomic mass is 9.85. The molecule has 3 saturated heterocycles. The van der Waals surface area contributed by atoms with Gasteiger partial charge in [0.05, 0.1) is 38.1 Å². The lowest BCUT2D eigenvalue weighted by Crippen LogP contribution is -2.56. The molecule has 8 heteroatoms. The lowest BCUT2D eigenvalue weighted by molar-refractivity contribution is -0.118. The Balaban J connectivity index is 1.17. The number of piperidine rings is 1. The van der Waals surface area contributed by atoms with Gasteiger partial charge in [-0.1, -0.05) is 11.6 Å². The Morgan fingerprint density at radius 2 is 1.91 bits per heavy atom. The normalized spacial score (nSPS) is 34.5. The molecule has 7 nitrogen and oxygen atoms in total. The number of rotatable bonds is 4. The first-order valence-electron chi connectivity index (χ1n) is 11.9. The molecule has 4 aliphatic rings. The minimum absolute atomic E-state index is 0.0493. The summed E-state index contributed by atoms with van der Waals surface area (Å²) in [5.74, 6) is 1.81. The Labute approximate surface area is 198 Å². The van der Waals surface area contributed by atoms with Crippen molar-refractivity contribution in [3.05, 3.63) is 35.0 Å². The fourth-order valence-electron chi connectivity index (χ4n) is 6.06. The van der Waals surface area contributed by atoms with Gasteiger partial charge in [0.2, 0.25) is 5.91 Å². The summed E-state index contributed by atoms with van der Waals surface area (Å²) in [7, 11) is 0. The molecule has 33 heavy (non-hydrogen) atoms. The van der Waals surface area contributed by atoms with Gasteiger partial charge in [-0.25, -0.2) is 4.98 Å². The topological polar surface area (TPSA) is 83.9 Å². The molecule has 4 fully saturated rings. The van der Waals surface area contributed by atoms with Crippen LogP contribution in [0.2, 0.25) is 5.02 Å². The summed E-state index contributed by atoms with van der Waals surface area (Å²) in [4.78, 5) is 19.4. The predicted octanol–water partition coefficient (Wildman–Crippen LogP) is 3.05. The zero-order valence-corrected chi connectivity index (χ0v) is 19.6. The van der Waals surface area contributed by atoms with Crippen molar-refractivity contribution in [2.75, 3.05) is 44.8 Å². The summed E-state index contributed by atoms with van der Waals surface area (Å²) < 4.78 is 10.9. The number of benzene rings is 1. The van der Waals surface area contributed by atoms with Gasteiger partial charge < -0.3 is 19.9 Å². The van der Waals surface area contributed by atoms with E-state index in [1.807, 2.05) is 12.1 Å². The smallest absolute Gasteiger partial charge is 0.229 e. The van der Waals surface area contributed by atoms with Crippen LogP contribution in [0.1, 0.15) is 31.2 Å². The third-order valence-corrected chi connectivity index (χ3v) is 8.72. The quantitative estimate of drug-likeness (QED) is 0.713. The number of hydrogen-bond donors (Lipinski definition) is 2. The summed E-state index contributed by atoms with van der Waals surface area (Å²) in [6, 6.07) is 6.09. The van der Waals surface area contributed by atoms with Crippen LogP contribution in [0.4, 0.5) is 5.82 Å². The molecular weight excluding hydrogens is 442 g/mol. The maximum atomic E-state index is 12.6. The summed E-state index contributed by atoms with van der Waals surface area (Å²) in [5, 5.41) is 16.2. The first-order valence-corrected chi connectivity index (χ1v) is 12.3. The van der Waals surface area contributed by atoms with Crippen molar-refractivity contribution in [1.82, 2.24) is 9.88 Å². The van der Waals surface area contributed by atoms with Crippen LogP contribution in [0.15, 0.2) is 24.4 Å². The standard InChI is InChI=1S/C25H30ClN3O4/c1-25(13-33-12-21(25)30)29-4-2-14(3-5-29)17-6-15-8-22(27-9-16(15)7-20(17)26)28-24(31)23-18-10-32-11-19(18)23/h6-9,14,18-19,21,23,30H,2-5,10-13H2,1H3,(H,27,28,31)/t18-,19?,21-,23?,25+/m0/s1. The fourth-order valence-corrected chi connectivity index (χ4v) is 6.39. The highest BCUT2D eigenvalue weighted by Crippen LogP contribution is 2.51. The molecule has 1 amide bonds. The number of nitrogens with one attached hydrogen (secondary N) is 1. The maximum absolute atomic E-state index is 12.6. The van der Waals surface area contributed by atoms with Crippen LogP contribution < -0.4 is 5.32 Å². The molecule has 2 unspecified atom stereocenters. The lowest BCUT2D eigenvalue weighted by Gasteiger charge is -2.43. The fraction of sp³-hybridized carbons (Fsp3) is 0.600. The van der Waals surface area contributed by atoms with Gasteiger partial charge in [0.1, 0.15) is 5.82 Å². The van der Waals surface area contributed by atoms with Gasteiger partial charge in [-0.2, -0.15) is 0 Å². The molecule has 0 spiro atoms. The molecule has 0 bridgehead atoms. The van der Waals surface area contributed by atoms with Crippen LogP contribution in [-0.2, 0) is 14.3 Å². The van der Waals surface area contributed by atoms with Gasteiger partial charge in [-0.3, -0.25) is 9.69 Å². The number of aromatic nitrogens is 1. The number of fused-ring (bicyclic) bond motifs is 2. The van der Waals surface area contributed by atoms with Crippen LogP contribution >= 0.6 is 11.6 Å². The molecule has 0 radical (unpaired) electrons. The summed E-state index contributed by atoms with van der Waals surface area (Å²) >= 11 is 6.70. The number of likely N-dealkylation sites (tertiary alicyclic amines) is 1. The second-order valence-corrected chi connectivity index (χ2v) is 10.7. The zero-order chi connectivity index (χ0) is 22.7. The summed E-state index contributed by atoms with van der Waals surface area (Å²) in [6.07, 6.45) is 3.30. The minimum Gasteiger partial charge on any atom is -0.389 e. The maximum Gasteiger partial charge on any atom is 0.229 e. The van der Waals surface area contributed by atoms with Crippen LogP contribution in [0, 0.1) is 17.8 Å². The molecule has 6 rings (SSSR count). The van der Waals surface area contributed by atoms with Crippen molar-refractivity contribution < 1.29 is 19.4 Å². The number of carbonyl (C=O) groups is 1. The molecule has 1 aliphatic carbocycles. The van der Waals surface area contributed by atoms with E-state index < -0.39 is 6.10 Å². The van der Waals surface area contributed by atoms with Crippen molar-refractivity contribution in [2.24, 2.45) is 17.8 Å². The van der Waals surface area contributed by atoms with Crippen LogP contribution in [0.5, 0.6) is 0 Å². The van der Waals surface area contributed by atoms with Crippen molar-refractivity contribution >= 4 is 34.1 Å². The first-order chi connectivity index (χ1) is 15.9. The van der Waals surface area contributed by atoms with E-state index in [1.165, 1.54) is 0 Å². The summed E-state index contributed by atoms with van der Waals surface area (Å²) in [5.41, 5.74) is 0.845. The van der Waals surface area contributed by atoms with E-state index >= 15 is 0 Å². The Kier molecular flexibility index (Phi) is 5.38. The number of hydrogen-bond acceptors (Lipinski definition) is 6. The van der Waals surface area contributed by atoms with Crippen LogP contribution in [0.3, 0.4) is 0 Å². The average Bonchev–Trinajstić information content (AvgIpc) is 3.09. The van der Waals surface area contributed by atoms with Gasteiger partial charge in [-0.05, 0) is 79.8 Å². The van der Waals surface area contributed by atoms with Crippen molar-refractivity contribution in [3.63, 3.8) is 0 Å². The molecule has 4 heterocycles. The van der Waals surface area contributed by atoms with Crippen LogP contribution in [0.25, 0.3) is 10.8 Å². The SMILES string of the molecule is C[C@@]1(N2CCC(c3cc4cc(NC(=O)C5C6COC[C@@H]65)ncc4cc3Cl)CC2)COC[C@@H]1O. The van der Waals surface area contributed by atoms with E-state index in [-0.39, 0.29) is 17.4 Å². The number of aliphatic hydroxyl groups is 1. The highest BCUT2D eigenvalue weighted by atomic mass is 35.5. The number of anilines is 1. The number of ether oxygens (including phenoxy) is 2. The molecule has 3 aliphatic heterocycles. The Hall–Kier alpha value is -1.77. The molecule has 1 saturated carbocycles. The monoisotopic (exact) mass is 471 g/mol. The third kappa shape index (κ3) is 3.74. The number of halogens is 1. The molecule has 1 aromatic heterocycles. The van der Waals surface area contributed by atoms with Crippen molar-refractivity contribution in [1.29, 1.82) is 0 Å². The van der Waals surface area contributed by atoms with Gasteiger partial charge >= 0.3 is 0 Å². The van der Waals surface area contributed by atoms with E-state index in [2.05, 4.69) is 28.2 Å². The summed E-state index contributed by atoms with van der Waals surface area (Å²) in [6.45, 7) is 6.28. The first kappa shape index (κ1) is 21.7. The molecular formula is C25H30ClN3O4. The van der Waals surface area contributed by atoms with E-state index in [0.717, 1.165) is 47.3 Å². The Bertz CT molecular complexity index is 1080. The highest BCUT2D eigenvalue weighted by Gasteiger charge is 2.58. The molecule has 2 N–H and O–H groups in total. The van der Waals surface area contributed by atoms with E-state index in [1.54, 1.807) is 6.20 Å². The van der Waals surface area contributed by atoms with Gasteiger partial charge in [0.15, 0.2) is 0 Å². The number of pyridine rings is 1. The minimum atomic E-state index is -0.442. The molecule has 5 atom stereocenters. The zero-order valence-electron chi connectivity index (χ0n) is 18.8. The van der Waals surface area contributed by atoms with E-state index in [4.69, 9.17) is 21.1 Å². The number of aliphatic hydroxyl groups excluding tert-OH is 1. The average molecular weight is 472 g/mol. The van der Waals surface area contributed by atoms with E-state index in [9.17, 15) is 9.90 Å². The highest BCUT2D eigenvalue weighted by molar-refractivity contribution is 6.32. The van der Waals surface area contributed by atoms with Crippen molar-refractivity contribution in [2.45, 2.75) is 37.3 Å². The second-order valence-electron chi connectivity index (χ2n) is 10.3. The second kappa shape index (κ2) is 8.17. The largest absolute Gasteiger partial charge is 0.389 e. The molecule has 2 aromatic rings. The van der Waals surface area contributed by atoms with Gasteiger partial charge in [0, 0.05) is 22.5 Å². The number of carbonyl (C=O) groups excluding carboxylic acids is 1. The Morgan fingerprint density at radius 1 is 1.15 bits per heavy atom. The van der Waals surface area contributed by atoms with Gasteiger partial charge in [0.25, 0.3) is 0 Å².